The Morgan fingerprint density at radius 3 is 2.38 bits per heavy atom. The minimum Gasteiger partial charge on any atom is -1.00 e. The normalized spacial score (nSPS) is 13.3. The molecule has 0 heterocycles. The summed E-state index contributed by atoms with van der Waals surface area (Å²) < 4.78 is 5.62. The van der Waals surface area contributed by atoms with Crippen molar-refractivity contribution in [3.63, 3.8) is 0 Å². The molecule has 0 fully saturated rings. The van der Waals surface area contributed by atoms with Gasteiger partial charge < -0.3 is 29.6 Å². The average molecular weight is 298 g/mol. The topological polar surface area (TPSA) is 9.23 Å². The smallest absolute Gasteiger partial charge is 1.00 e. The molecule has 1 radical (unpaired) electrons. The molecule has 0 amide bonds. The third-order valence-corrected chi connectivity index (χ3v) is 1.89. The van der Waals surface area contributed by atoms with E-state index in [9.17, 15) is 0 Å². The van der Waals surface area contributed by atoms with Crippen LogP contribution in [0.15, 0.2) is 17.7 Å². The average Bonchev–Trinajstić information content (AvgIpc) is 2.48. The summed E-state index contributed by atoms with van der Waals surface area (Å²) in [5.41, 5.74) is 1.35. The number of halogens is 2. The van der Waals surface area contributed by atoms with Crippen molar-refractivity contribution in [3.8, 4) is 0 Å². The van der Waals surface area contributed by atoms with E-state index in [1.54, 1.807) is 0 Å². The van der Waals surface area contributed by atoms with Gasteiger partial charge in [0, 0.05) is 6.61 Å². The van der Waals surface area contributed by atoms with Crippen LogP contribution in [0.2, 0.25) is 0 Å². The molecule has 0 saturated carbocycles. The Morgan fingerprint density at radius 2 is 1.94 bits per heavy atom. The molecule has 0 aliphatic heterocycles. The van der Waals surface area contributed by atoms with Crippen LogP contribution in [0.25, 0.3) is 0 Å². The largest absolute Gasteiger partial charge is 3.00 e. The first-order valence-electron chi connectivity index (χ1n) is 4.98. The van der Waals surface area contributed by atoms with Crippen LogP contribution in [-0.4, -0.2) is 12.2 Å². The van der Waals surface area contributed by atoms with Crippen LogP contribution in [0.4, 0.5) is 0 Å². The molecule has 0 N–H and O–H groups in total. The summed E-state index contributed by atoms with van der Waals surface area (Å²) >= 11 is 0. The summed E-state index contributed by atoms with van der Waals surface area (Å²) in [5, 5.41) is 0. The molecule has 1 aliphatic carbocycles. The molecule has 1 aliphatic rings. The van der Waals surface area contributed by atoms with Crippen molar-refractivity contribution in [3.05, 3.63) is 23.8 Å². The summed E-state index contributed by atoms with van der Waals surface area (Å²) in [6, 6.07) is 0. The molecule has 0 aromatic carbocycles. The second-order valence-corrected chi connectivity index (χ2v) is 4.37. The fourth-order valence-corrected chi connectivity index (χ4v) is 1.26. The van der Waals surface area contributed by atoms with Gasteiger partial charge in [0.15, 0.2) is 0 Å². The van der Waals surface area contributed by atoms with E-state index in [0.717, 1.165) is 25.9 Å². The molecule has 0 spiro atoms. The summed E-state index contributed by atoms with van der Waals surface area (Å²) in [6.45, 7) is 7.12. The molecule has 91 valence electrons. The van der Waals surface area contributed by atoms with Gasteiger partial charge in [-0.3, -0.25) is 6.08 Å². The Morgan fingerprint density at radius 1 is 1.31 bits per heavy atom. The molecule has 1 rings (SSSR count). The van der Waals surface area contributed by atoms with E-state index in [1.807, 2.05) is 0 Å². The van der Waals surface area contributed by atoms with E-state index in [0.29, 0.717) is 0 Å². The van der Waals surface area contributed by atoms with Gasteiger partial charge in [-0.15, -0.1) is 6.42 Å². The zero-order valence-electron chi connectivity index (χ0n) is 10.1. The predicted octanol–water partition coefficient (Wildman–Crippen LogP) is -2.72. The first kappa shape index (κ1) is 22.0. The van der Waals surface area contributed by atoms with Crippen LogP contribution < -0.4 is 24.8 Å². The predicted molar refractivity (Wildman–Crippen MR) is 55.5 cm³/mol. The van der Waals surface area contributed by atoms with Crippen molar-refractivity contribution in [2.75, 3.05) is 6.61 Å². The third kappa shape index (κ3) is 11.2. The van der Waals surface area contributed by atoms with Gasteiger partial charge in [-0.05, 0) is 27.2 Å². The molecule has 16 heavy (non-hydrogen) atoms. The third-order valence-electron chi connectivity index (χ3n) is 1.89. The molecule has 0 bridgehead atoms. The second kappa shape index (κ2) is 10.9. The molecular formula is C12H19Cl2OTi. The van der Waals surface area contributed by atoms with Gasteiger partial charge >= 0.3 is 21.7 Å². The van der Waals surface area contributed by atoms with Gasteiger partial charge in [-0.1, -0.05) is 6.42 Å². The molecule has 0 unspecified atom stereocenters. The SMILES string of the molecule is CC(C)(C)OCCCC1=[C-]CC=C1.[Cl-].[Cl-].[Ti+3]. The van der Waals surface area contributed by atoms with Gasteiger partial charge in [0.1, 0.15) is 0 Å². The summed E-state index contributed by atoms with van der Waals surface area (Å²) in [4.78, 5) is 0. The first-order valence-corrected chi connectivity index (χ1v) is 4.98. The van der Waals surface area contributed by atoms with Crippen molar-refractivity contribution in [2.24, 2.45) is 0 Å². The van der Waals surface area contributed by atoms with E-state index in [2.05, 4.69) is 39.0 Å². The van der Waals surface area contributed by atoms with Gasteiger partial charge in [0.2, 0.25) is 0 Å². The van der Waals surface area contributed by atoms with Crippen LogP contribution >= 0.6 is 0 Å². The number of ether oxygens (including phenoxy) is 1. The maximum atomic E-state index is 5.62. The monoisotopic (exact) mass is 297 g/mol. The Hall–Kier alpha value is 0.734. The number of hydrogen-bond acceptors (Lipinski definition) is 1. The zero-order chi connectivity index (χ0) is 9.73. The Balaban J connectivity index is -0.000000563. The second-order valence-electron chi connectivity index (χ2n) is 4.37. The van der Waals surface area contributed by atoms with Crippen LogP contribution in [0, 0.1) is 6.08 Å². The molecule has 1 nitrogen and oxygen atoms in total. The molecule has 0 aromatic rings. The Labute approximate surface area is 127 Å². The van der Waals surface area contributed by atoms with Gasteiger partial charge in [0.05, 0.1) is 5.60 Å². The van der Waals surface area contributed by atoms with Crippen molar-refractivity contribution >= 4 is 0 Å². The minimum absolute atomic E-state index is 0. The Bertz CT molecular complexity index is 220. The van der Waals surface area contributed by atoms with Gasteiger partial charge in [0.25, 0.3) is 0 Å². The molecule has 0 saturated heterocycles. The fraction of sp³-hybridized carbons (Fsp3) is 0.667. The number of hydrogen-bond donors (Lipinski definition) is 0. The number of allylic oxidation sites excluding steroid dienone is 4. The minimum atomic E-state index is 0. The quantitative estimate of drug-likeness (QED) is 0.311. The standard InChI is InChI=1S/C12H19O.2ClH.Ti/c1-12(2,3)13-10-6-9-11-7-4-5-8-11;;;/h4,7H,5-6,9-10H2,1-3H3;2*1H;/q-1;;;+3/p-2. The van der Waals surface area contributed by atoms with Crippen LogP contribution in [0.5, 0.6) is 0 Å². The van der Waals surface area contributed by atoms with Crippen molar-refractivity contribution in [2.45, 2.75) is 45.6 Å². The van der Waals surface area contributed by atoms with E-state index >= 15 is 0 Å². The van der Waals surface area contributed by atoms with Crippen LogP contribution in [0.1, 0.15) is 40.0 Å². The summed E-state index contributed by atoms with van der Waals surface area (Å²) in [6.07, 6.45) is 10.8. The van der Waals surface area contributed by atoms with E-state index in [1.165, 1.54) is 5.57 Å². The zero-order valence-corrected chi connectivity index (χ0v) is 13.2. The molecular weight excluding hydrogens is 279 g/mol. The first-order chi connectivity index (χ1) is 6.08. The molecule has 0 atom stereocenters. The maximum Gasteiger partial charge on any atom is 3.00 e. The van der Waals surface area contributed by atoms with Crippen molar-refractivity contribution in [1.29, 1.82) is 0 Å². The van der Waals surface area contributed by atoms with Crippen LogP contribution in [0.3, 0.4) is 0 Å². The van der Waals surface area contributed by atoms with Crippen LogP contribution in [-0.2, 0) is 26.5 Å². The summed E-state index contributed by atoms with van der Waals surface area (Å²) in [5.74, 6) is 0. The molecule has 0 aromatic heterocycles. The van der Waals surface area contributed by atoms with Gasteiger partial charge in [-0.2, -0.15) is 6.08 Å². The maximum absolute atomic E-state index is 5.62. The number of rotatable bonds is 4. The van der Waals surface area contributed by atoms with E-state index in [4.69, 9.17) is 4.74 Å². The van der Waals surface area contributed by atoms with Crippen molar-refractivity contribution < 1.29 is 51.3 Å². The van der Waals surface area contributed by atoms with Crippen molar-refractivity contribution in [1.82, 2.24) is 0 Å². The van der Waals surface area contributed by atoms with Gasteiger partial charge in [-0.25, -0.2) is 11.6 Å². The molecule has 4 heteroatoms. The van der Waals surface area contributed by atoms with E-state index in [-0.39, 0.29) is 52.1 Å². The summed E-state index contributed by atoms with van der Waals surface area (Å²) in [7, 11) is 0. The fourth-order valence-electron chi connectivity index (χ4n) is 1.26. The Kier molecular flexibility index (Phi) is 14.9. The van der Waals surface area contributed by atoms with E-state index < -0.39 is 0 Å².